The quantitative estimate of drug-likeness (QED) is 0.0954. The van der Waals surface area contributed by atoms with Crippen LogP contribution in [0.2, 0.25) is 0 Å². The first-order chi connectivity index (χ1) is 24.0. The third-order valence-electron chi connectivity index (χ3n) is 11.4. The van der Waals surface area contributed by atoms with Gasteiger partial charge in [-0.1, -0.05) is 111 Å². The molecule has 0 fully saturated rings. The Morgan fingerprint density at radius 3 is 2.15 bits per heavy atom. The number of rotatable bonds is 8. The molecule has 1 radical (unpaired) electrons. The van der Waals surface area contributed by atoms with Crippen LogP contribution in [-0.4, -0.2) is 20.9 Å². The average molecular weight is 880 g/mol. The first-order valence-corrected chi connectivity index (χ1v) is 19.1. The van der Waals surface area contributed by atoms with Gasteiger partial charge < -0.3 is 9.52 Å². The van der Waals surface area contributed by atoms with E-state index < -0.39 is 0 Å². The van der Waals surface area contributed by atoms with Crippen LogP contribution in [0.1, 0.15) is 137 Å². The van der Waals surface area contributed by atoms with E-state index in [1.807, 2.05) is 27.7 Å². The Labute approximate surface area is 325 Å². The number of aliphatic hydroxyl groups is 1. The second-order valence-corrected chi connectivity index (χ2v) is 17.0. The van der Waals surface area contributed by atoms with Crippen LogP contribution in [0.25, 0.3) is 44.1 Å². The number of aryl methyl sites for hydroxylation is 1. The zero-order valence-corrected chi connectivity index (χ0v) is 35.9. The molecule has 0 saturated carbocycles. The number of aromatic nitrogens is 2. The fourth-order valence-corrected chi connectivity index (χ4v) is 7.97. The second kappa shape index (κ2) is 15.9. The first-order valence-electron chi connectivity index (χ1n) is 19.1. The van der Waals surface area contributed by atoms with Crippen LogP contribution >= 0.6 is 0 Å². The van der Waals surface area contributed by atoms with Crippen molar-refractivity contribution in [3.8, 4) is 11.3 Å². The van der Waals surface area contributed by atoms with E-state index in [2.05, 4.69) is 97.9 Å². The van der Waals surface area contributed by atoms with Gasteiger partial charge in [0.25, 0.3) is 0 Å². The maximum absolute atomic E-state index is 11.7. The van der Waals surface area contributed by atoms with Crippen molar-refractivity contribution in [1.29, 1.82) is 0 Å². The van der Waals surface area contributed by atoms with Crippen molar-refractivity contribution in [2.24, 2.45) is 11.8 Å². The van der Waals surface area contributed by atoms with Crippen molar-refractivity contribution in [3.05, 3.63) is 82.9 Å². The number of carbonyl (C=O) groups excluding carboxylic acids is 1. The first kappa shape index (κ1) is 41.4. The second-order valence-electron chi connectivity index (χ2n) is 17.0. The Morgan fingerprint density at radius 1 is 0.923 bits per heavy atom. The zero-order valence-electron chi connectivity index (χ0n) is 33.5. The number of fused-ring (bicyclic) bond motifs is 6. The molecule has 0 amide bonds. The van der Waals surface area contributed by atoms with Crippen molar-refractivity contribution >= 4 is 38.6 Å². The van der Waals surface area contributed by atoms with E-state index in [0.717, 1.165) is 70.8 Å². The summed E-state index contributed by atoms with van der Waals surface area (Å²) in [6, 6.07) is 16.8. The fraction of sp³-hybridized carbons (Fsp3) is 0.500. The monoisotopic (exact) mass is 880 g/mol. The number of hydrogen-bond acceptors (Lipinski definition) is 5. The molecule has 0 saturated heterocycles. The molecule has 281 valence electrons. The normalized spacial score (nSPS) is 15.5. The number of furan rings is 1. The van der Waals surface area contributed by atoms with Crippen molar-refractivity contribution in [2.75, 3.05) is 0 Å². The molecule has 6 heteroatoms. The van der Waals surface area contributed by atoms with Gasteiger partial charge in [0.2, 0.25) is 0 Å². The molecule has 0 aliphatic heterocycles. The molecule has 1 aliphatic carbocycles. The number of hydrogen-bond donors (Lipinski definition) is 1. The third-order valence-corrected chi connectivity index (χ3v) is 11.4. The van der Waals surface area contributed by atoms with Gasteiger partial charge >= 0.3 is 0 Å². The van der Waals surface area contributed by atoms with Crippen LogP contribution < -0.4 is 0 Å². The van der Waals surface area contributed by atoms with Gasteiger partial charge in [-0.2, -0.15) is 0 Å². The van der Waals surface area contributed by atoms with Crippen molar-refractivity contribution < 1.29 is 34.4 Å². The van der Waals surface area contributed by atoms with Crippen molar-refractivity contribution in [1.82, 2.24) is 9.97 Å². The van der Waals surface area contributed by atoms with Gasteiger partial charge in [-0.15, -0.1) is 29.1 Å². The maximum Gasteiger partial charge on any atom is 0.162 e. The summed E-state index contributed by atoms with van der Waals surface area (Å²) < 4.78 is 6.84. The average Bonchev–Trinajstić information content (AvgIpc) is 3.47. The molecule has 5 aromatic rings. The van der Waals surface area contributed by atoms with E-state index in [1.54, 1.807) is 6.33 Å². The standard InChI is InChI=1S/C33H35N2O.C13H24O2.Ir/c1-19-15-24-26(33(7,8)14-13-32(24,5)6)29-25(19)28-30(36-29)27(34-18-35-28)21-16-20-11-9-10-12-22(20)23(17-21)31(2,3)4;1-5-10(6-2)12(14)9-13(15)11(7-3)8-4;/h9-12,15,17-18H,13-14H2,1-8H3;9-11,14H,5-8H2,1-4H3;/q-1;;/b;12-9-;. The summed E-state index contributed by atoms with van der Waals surface area (Å²) in [6.45, 7) is 26.5. The van der Waals surface area contributed by atoms with Crippen LogP contribution in [-0.2, 0) is 41.1 Å². The summed E-state index contributed by atoms with van der Waals surface area (Å²) in [6.07, 6.45) is 8.89. The Hall–Kier alpha value is -3.34. The van der Waals surface area contributed by atoms with Crippen LogP contribution in [0.4, 0.5) is 0 Å². The molecule has 0 bridgehead atoms. The summed E-state index contributed by atoms with van der Waals surface area (Å²) in [7, 11) is 0. The fourth-order valence-electron chi connectivity index (χ4n) is 7.97. The van der Waals surface area contributed by atoms with E-state index in [1.165, 1.54) is 40.1 Å². The number of benzene rings is 3. The molecule has 0 unspecified atom stereocenters. The number of carbonyl (C=O) groups is 1. The van der Waals surface area contributed by atoms with Gasteiger partial charge in [0, 0.05) is 49.0 Å². The summed E-state index contributed by atoms with van der Waals surface area (Å²) in [5.74, 6) is 0.547. The molecule has 6 rings (SSSR count). The van der Waals surface area contributed by atoms with Gasteiger partial charge in [-0.05, 0) is 72.8 Å². The van der Waals surface area contributed by atoms with E-state index in [-0.39, 0.29) is 59.7 Å². The third kappa shape index (κ3) is 7.94. The summed E-state index contributed by atoms with van der Waals surface area (Å²) in [5.41, 5.74) is 9.78. The minimum Gasteiger partial charge on any atom is -0.512 e. The Morgan fingerprint density at radius 2 is 1.54 bits per heavy atom. The van der Waals surface area contributed by atoms with Gasteiger partial charge in [0.05, 0.1) is 11.5 Å². The molecule has 5 nitrogen and oxygen atoms in total. The molecular weight excluding hydrogens is 821 g/mol. The summed E-state index contributed by atoms with van der Waals surface area (Å²) in [4.78, 5) is 21.3. The maximum atomic E-state index is 11.7. The minimum atomic E-state index is -0.0191. The van der Waals surface area contributed by atoms with Crippen LogP contribution in [0, 0.1) is 24.8 Å². The molecule has 1 N–H and O–H groups in total. The predicted octanol–water partition coefficient (Wildman–Crippen LogP) is 12.8. The van der Waals surface area contributed by atoms with Crippen LogP contribution in [0.15, 0.2) is 59.0 Å². The van der Waals surface area contributed by atoms with Gasteiger partial charge in [0.1, 0.15) is 23.0 Å². The number of allylic oxidation sites excluding steroid dienone is 2. The minimum absolute atomic E-state index is 0. The Balaban J connectivity index is 0.000000323. The zero-order chi connectivity index (χ0) is 37.5. The van der Waals surface area contributed by atoms with Crippen molar-refractivity contribution in [2.45, 2.75) is 138 Å². The van der Waals surface area contributed by atoms with Crippen LogP contribution in [0.5, 0.6) is 0 Å². The Kier molecular flexibility index (Phi) is 12.7. The number of aliphatic hydroxyl groups excluding tert-OH is 1. The molecule has 3 aromatic carbocycles. The molecule has 1 aliphatic rings. The van der Waals surface area contributed by atoms with E-state index >= 15 is 0 Å². The molecule has 0 spiro atoms. The van der Waals surface area contributed by atoms with Crippen LogP contribution in [0.3, 0.4) is 0 Å². The smallest absolute Gasteiger partial charge is 0.162 e. The topological polar surface area (TPSA) is 76.2 Å². The van der Waals surface area contributed by atoms with Gasteiger partial charge in [-0.3, -0.25) is 9.78 Å². The molecule has 2 aromatic heterocycles. The number of nitrogens with zero attached hydrogens (tertiary/aromatic N) is 2. The molecule has 2 heterocycles. The van der Waals surface area contributed by atoms with Gasteiger partial charge in [-0.25, -0.2) is 4.98 Å². The Bertz CT molecular complexity index is 2090. The SMILES string of the molecule is CCC(CC)C(=O)/C=C(\O)C(CC)CC.Cc1cc2c(c3oc4c(-c5[c-]c6ccccc6c(C(C)(C)C)c5)ncnc4c13)C(C)(C)CCC2(C)C.[Ir]. The summed E-state index contributed by atoms with van der Waals surface area (Å²) in [5, 5.41) is 13.2. The van der Waals surface area contributed by atoms with E-state index in [9.17, 15) is 9.90 Å². The molecule has 52 heavy (non-hydrogen) atoms. The van der Waals surface area contributed by atoms with E-state index in [0.29, 0.717) is 0 Å². The largest absolute Gasteiger partial charge is 0.512 e. The van der Waals surface area contributed by atoms with Crippen molar-refractivity contribution in [3.63, 3.8) is 0 Å². The number of ketones is 1. The summed E-state index contributed by atoms with van der Waals surface area (Å²) >= 11 is 0. The van der Waals surface area contributed by atoms with Gasteiger partial charge in [0.15, 0.2) is 5.78 Å². The predicted molar refractivity (Wildman–Crippen MR) is 214 cm³/mol. The van der Waals surface area contributed by atoms with E-state index in [4.69, 9.17) is 14.4 Å². The molecular formula is C46H59IrN2O3-. The molecule has 0 atom stereocenters.